The van der Waals surface area contributed by atoms with Crippen LogP contribution in [0.25, 0.3) is 0 Å². The Morgan fingerprint density at radius 3 is 3.23 bits per heavy atom. The third-order valence-corrected chi connectivity index (χ3v) is 1.80. The molecule has 0 fully saturated rings. The van der Waals surface area contributed by atoms with Gasteiger partial charge in [0.25, 0.3) is 0 Å². The minimum Gasteiger partial charge on any atom is -0.310 e. The Bertz CT molecular complexity index is 254. The SMILES string of the molecule is C=CCCNCc1ncnn1CC. The van der Waals surface area contributed by atoms with Crippen LogP contribution in [0, 0.1) is 0 Å². The lowest BCUT2D eigenvalue weighted by molar-refractivity contribution is 0.575. The molecule has 1 aromatic heterocycles. The van der Waals surface area contributed by atoms with Gasteiger partial charge in [0.2, 0.25) is 0 Å². The van der Waals surface area contributed by atoms with Crippen LogP contribution in [0.4, 0.5) is 0 Å². The van der Waals surface area contributed by atoms with E-state index in [-0.39, 0.29) is 0 Å². The highest BCUT2D eigenvalue weighted by atomic mass is 15.3. The maximum absolute atomic E-state index is 4.15. The molecule has 1 N–H and O–H groups in total. The van der Waals surface area contributed by atoms with Gasteiger partial charge in [0, 0.05) is 6.54 Å². The highest BCUT2D eigenvalue weighted by Gasteiger charge is 1.99. The van der Waals surface area contributed by atoms with Gasteiger partial charge in [-0.1, -0.05) is 6.08 Å². The first-order chi connectivity index (χ1) is 6.38. The van der Waals surface area contributed by atoms with Gasteiger partial charge in [-0.3, -0.25) is 0 Å². The van der Waals surface area contributed by atoms with E-state index in [1.54, 1.807) is 6.33 Å². The van der Waals surface area contributed by atoms with Gasteiger partial charge in [-0.2, -0.15) is 5.10 Å². The molecule has 0 atom stereocenters. The van der Waals surface area contributed by atoms with Crippen LogP contribution in [0.2, 0.25) is 0 Å². The first-order valence-corrected chi connectivity index (χ1v) is 4.56. The van der Waals surface area contributed by atoms with Crippen molar-refractivity contribution in [3.63, 3.8) is 0 Å². The monoisotopic (exact) mass is 180 g/mol. The van der Waals surface area contributed by atoms with Crippen LogP contribution < -0.4 is 5.32 Å². The molecule has 72 valence electrons. The lowest BCUT2D eigenvalue weighted by Crippen LogP contribution is -2.18. The van der Waals surface area contributed by atoms with Crippen molar-refractivity contribution in [2.45, 2.75) is 26.4 Å². The number of aryl methyl sites for hydroxylation is 1. The molecule has 1 heterocycles. The van der Waals surface area contributed by atoms with Crippen molar-refractivity contribution in [1.82, 2.24) is 20.1 Å². The number of nitrogens with one attached hydrogen (secondary N) is 1. The van der Waals surface area contributed by atoms with Crippen LogP contribution in [0.15, 0.2) is 19.0 Å². The first-order valence-electron chi connectivity index (χ1n) is 4.56. The number of hydrogen-bond donors (Lipinski definition) is 1. The normalized spacial score (nSPS) is 10.2. The maximum Gasteiger partial charge on any atom is 0.140 e. The van der Waals surface area contributed by atoms with Gasteiger partial charge < -0.3 is 5.32 Å². The number of rotatable bonds is 6. The van der Waals surface area contributed by atoms with Gasteiger partial charge in [0.1, 0.15) is 12.2 Å². The summed E-state index contributed by atoms with van der Waals surface area (Å²) in [6.07, 6.45) is 4.48. The molecule has 0 aliphatic rings. The van der Waals surface area contributed by atoms with Crippen LogP contribution in [0.5, 0.6) is 0 Å². The summed E-state index contributed by atoms with van der Waals surface area (Å²) in [5, 5.41) is 7.35. The van der Waals surface area contributed by atoms with E-state index < -0.39 is 0 Å². The smallest absolute Gasteiger partial charge is 0.140 e. The zero-order valence-corrected chi connectivity index (χ0v) is 8.03. The fourth-order valence-electron chi connectivity index (χ4n) is 1.09. The molecule has 0 aliphatic heterocycles. The molecule has 4 nitrogen and oxygen atoms in total. The topological polar surface area (TPSA) is 42.7 Å². The van der Waals surface area contributed by atoms with E-state index in [9.17, 15) is 0 Å². The Morgan fingerprint density at radius 2 is 2.54 bits per heavy atom. The van der Waals surface area contributed by atoms with Crippen LogP contribution >= 0.6 is 0 Å². The van der Waals surface area contributed by atoms with Gasteiger partial charge in [-0.15, -0.1) is 6.58 Å². The third kappa shape index (κ3) is 2.99. The predicted octanol–water partition coefficient (Wildman–Crippen LogP) is 0.964. The second-order valence-corrected chi connectivity index (χ2v) is 2.75. The van der Waals surface area contributed by atoms with Gasteiger partial charge in [0.15, 0.2) is 0 Å². The van der Waals surface area contributed by atoms with E-state index in [0.29, 0.717) is 0 Å². The average Bonchev–Trinajstić information content (AvgIpc) is 2.60. The second-order valence-electron chi connectivity index (χ2n) is 2.75. The fourth-order valence-corrected chi connectivity index (χ4v) is 1.09. The van der Waals surface area contributed by atoms with E-state index >= 15 is 0 Å². The molecule has 0 aliphatic carbocycles. The van der Waals surface area contributed by atoms with Gasteiger partial charge in [-0.05, 0) is 19.9 Å². The zero-order chi connectivity index (χ0) is 9.52. The summed E-state index contributed by atoms with van der Waals surface area (Å²) in [4.78, 5) is 4.15. The second kappa shape index (κ2) is 5.48. The molecule has 0 saturated heterocycles. The highest BCUT2D eigenvalue weighted by molar-refractivity contribution is 4.83. The molecule has 0 bridgehead atoms. The zero-order valence-electron chi connectivity index (χ0n) is 8.03. The molecule has 0 spiro atoms. The molecule has 13 heavy (non-hydrogen) atoms. The standard InChI is InChI=1S/C9H16N4/c1-3-5-6-10-7-9-11-8-12-13(9)4-2/h3,8,10H,1,4-7H2,2H3. The van der Waals surface area contributed by atoms with Crippen molar-refractivity contribution in [3.05, 3.63) is 24.8 Å². The molecular formula is C9H16N4. The number of aromatic nitrogens is 3. The summed E-state index contributed by atoms with van der Waals surface area (Å²) in [6.45, 7) is 8.31. The number of nitrogens with zero attached hydrogens (tertiary/aromatic N) is 3. The van der Waals surface area contributed by atoms with E-state index in [1.807, 2.05) is 10.8 Å². The third-order valence-electron chi connectivity index (χ3n) is 1.80. The van der Waals surface area contributed by atoms with E-state index in [1.165, 1.54) is 0 Å². The lowest BCUT2D eigenvalue weighted by atomic mass is 10.4. The molecular weight excluding hydrogens is 164 g/mol. The Hall–Kier alpha value is -1.16. The predicted molar refractivity (Wildman–Crippen MR) is 52.2 cm³/mol. The van der Waals surface area contributed by atoms with Gasteiger partial charge in [0.05, 0.1) is 6.54 Å². The van der Waals surface area contributed by atoms with Crippen LogP contribution in [-0.4, -0.2) is 21.3 Å². The van der Waals surface area contributed by atoms with Gasteiger partial charge in [-0.25, -0.2) is 9.67 Å². The van der Waals surface area contributed by atoms with Crippen LogP contribution in [0.1, 0.15) is 19.2 Å². The van der Waals surface area contributed by atoms with E-state index in [0.717, 1.165) is 31.9 Å². The summed E-state index contributed by atoms with van der Waals surface area (Å²) < 4.78 is 1.89. The summed E-state index contributed by atoms with van der Waals surface area (Å²) in [7, 11) is 0. The molecule has 1 rings (SSSR count). The van der Waals surface area contributed by atoms with E-state index in [4.69, 9.17) is 0 Å². The van der Waals surface area contributed by atoms with Crippen molar-refractivity contribution >= 4 is 0 Å². The summed E-state index contributed by atoms with van der Waals surface area (Å²) in [5.74, 6) is 0.992. The molecule has 0 saturated carbocycles. The van der Waals surface area contributed by atoms with Crippen molar-refractivity contribution in [2.24, 2.45) is 0 Å². The average molecular weight is 180 g/mol. The Balaban J connectivity index is 2.31. The quantitative estimate of drug-likeness (QED) is 0.524. The fraction of sp³-hybridized carbons (Fsp3) is 0.556. The molecule has 0 unspecified atom stereocenters. The Labute approximate surface area is 78.7 Å². The Morgan fingerprint density at radius 1 is 1.69 bits per heavy atom. The van der Waals surface area contributed by atoms with Crippen molar-refractivity contribution in [2.75, 3.05) is 6.54 Å². The van der Waals surface area contributed by atoms with Gasteiger partial charge >= 0.3 is 0 Å². The first kappa shape index (κ1) is 9.92. The van der Waals surface area contributed by atoms with Crippen molar-refractivity contribution < 1.29 is 0 Å². The molecule has 0 radical (unpaired) electrons. The summed E-state index contributed by atoms with van der Waals surface area (Å²) >= 11 is 0. The summed E-state index contributed by atoms with van der Waals surface area (Å²) in [5.41, 5.74) is 0. The molecule has 1 aromatic rings. The van der Waals surface area contributed by atoms with Crippen LogP contribution in [0.3, 0.4) is 0 Å². The minimum atomic E-state index is 0.779. The maximum atomic E-state index is 4.15. The molecule has 0 aromatic carbocycles. The van der Waals surface area contributed by atoms with Crippen molar-refractivity contribution in [1.29, 1.82) is 0 Å². The van der Waals surface area contributed by atoms with E-state index in [2.05, 4.69) is 28.9 Å². The van der Waals surface area contributed by atoms with Crippen molar-refractivity contribution in [3.8, 4) is 0 Å². The molecule has 4 heteroatoms. The summed E-state index contributed by atoms with van der Waals surface area (Å²) in [6, 6.07) is 0. The highest BCUT2D eigenvalue weighted by Crippen LogP contribution is 1.92. The largest absolute Gasteiger partial charge is 0.310 e. The van der Waals surface area contributed by atoms with Crippen LogP contribution in [-0.2, 0) is 13.1 Å². The number of hydrogen-bond acceptors (Lipinski definition) is 3. The Kier molecular flexibility index (Phi) is 4.18. The minimum absolute atomic E-state index is 0.779. The lowest BCUT2D eigenvalue weighted by Gasteiger charge is -2.03. The molecule has 0 amide bonds.